The summed E-state index contributed by atoms with van der Waals surface area (Å²) in [5.74, 6) is 0.259. The highest BCUT2D eigenvalue weighted by atomic mass is 35.5. The van der Waals surface area contributed by atoms with Crippen LogP contribution in [0.2, 0.25) is 5.15 Å². The lowest BCUT2D eigenvalue weighted by atomic mass is 10.2. The summed E-state index contributed by atoms with van der Waals surface area (Å²) < 4.78 is 5.08. The average Bonchev–Trinajstić information content (AvgIpc) is 2.49. The molecule has 0 fully saturated rings. The molecule has 2 rings (SSSR count). The van der Waals surface area contributed by atoms with Gasteiger partial charge in [-0.3, -0.25) is 10.1 Å². The molecule has 0 spiro atoms. The smallest absolute Gasteiger partial charge is 0.315 e. The average molecular weight is 201 g/mol. The molecule has 0 saturated carbocycles. The summed E-state index contributed by atoms with van der Waals surface area (Å²) in [4.78, 5) is 14.0. The second-order valence-corrected chi connectivity index (χ2v) is 2.98. The number of aromatic nitrogens is 1. The summed E-state index contributed by atoms with van der Waals surface area (Å²) in [6.45, 7) is 0.434. The van der Waals surface area contributed by atoms with Crippen molar-refractivity contribution < 1.29 is 9.66 Å². The molecule has 0 saturated heterocycles. The molecule has 2 heterocycles. The molecule has 5 nitrogen and oxygen atoms in total. The monoisotopic (exact) mass is 200 g/mol. The Balaban J connectivity index is 2.62. The van der Waals surface area contributed by atoms with Crippen LogP contribution in [-0.4, -0.2) is 16.5 Å². The maximum atomic E-state index is 10.6. The molecule has 0 atom stereocenters. The van der Waals surface area contributed by atoms with Crippen LogP contribution in [0.4, 0.5) is 5.69 Å². The summed E-state index contributed by atoms with van der Waals surface area (Å²) in [6.07, 6.45) is 0.580. The second kappa shape index (κ2) is 2.85. The van der Waals surface area contributed by atoms with Gasteiger partial charge < -0.3 is 4.74 Å². The van der Waals surface area contributed by atoms with Crippen molar-refractivity contribution in [3.63, 3.8) is 0 Å². The molecular formula is C7H5ClN2O3. The van der Waals surface area contributed by atoms with Gasteiger partial charge in [0, 0.05) is 6.42 Å². The van der Waals surface area contributed by atoms with E-state index in [-0.39, 0.29) is 16.6 Å². The number of hydrogen-bond acceptors (Lipinski definition) is 4. The zero-order chi connectivity index (χ0) is 9.42. The number of pyridine rings is 1. The SMILES string of the molecule is O=[N+]([O-])c1cc(Cl)nc2c1OCC2. The molecule has 0 amide bonds. The van der Waals surface area contributed by atoms with E-state index in [0.29, 0.717) is 18.7 Å². The summed E-state index contributed by atoms with van der Waals surface area (Å²) in [5.41, 5.74) is 0.465. The molecule has 1 aromatic rings. The lowest BCUT2D eigenvalue weighted by Gasteiger charge is -1.99. The molecule has 0 N–H and O–H groups in total. The van der Waals surface area contributed by atoms with Crippen LogP contribution < -0.4 is 4.74 Å². The van der Waals surface area contributed by atoms with Crippen molar-refractivity contribution in [1.82, 2.24) is 4.98 Å². The molecule has 0 aromatic carbocycles. The molecule has 0 aliphatic carbocycles. The zero-order valence-corrected chi connectivity index (χ0v) is 7.24. The molecule has 68 valence electrons. The van der Waals surface area contributed by atoms with E-state index in [9.17, 15) is 10.1 Å². The number of nitro groups is 1. The standard InChI is InChI=1S/C7H5ClN2O3/c8-6-3-5(10(11)12)7-4(9-6)1-2-13-7/h3H,1-2H2. The fraction of sp³-hybridized carbons (Fsp3) is 0.286. The van der Waals surface area contributed by atoms with Crippen molar-refractivity contribution in [2.75, 3.05) is 6.61 Å². The Labute approximate surface area is 78.4 Å². The highest BCUT2D eigenvalue weighted by molar-refractivity contribution is 6.29. The lowest BCUT2D eigenvalue weighted by molar-refractivity contribution is -0.385. The largest absolute Gasteiger partial charge is 0.485 e. The summed E-state index contributed by atoms with van der Waals surface area (Å²) in [5, 5.41) is 10.7. The number of ether oxygens (including phenoxy) is 1. The molecule has 1 aromatic heterocycles. The van der Waals surface area contributed by atoms with Gasteiger partial charge in [0.05, 0.1) is 23.3 Å². The van der Waals surface area contributed by atoms with E-state index >= 15 is 0 Å². The molecule has 1 aliphatic rings. The molecule has 0 unspecified atom stereocenters. The Hall–Kier alpha value is -1.36. The summed E-state index contributed by atoms with van der Waals surface area (Å²) in [6, 6.07) is 1.20. The van der Waals surface area contributed by atoms with Crippen LogP contribution in [0.1, 0.15) is 5.69 Å². The topological polar surface area (TPSA) is 65.3 Å². The Bertz CT molecular complexity index is 380. The van der Waals surface area contributed by atoms with Gasteiger partial charge in [-0.2, -0.15) is 0 Å². The van der Waals surface area contributed by atoms with Gasteiger partial charge in [-0.05, 0) is 0 Å². The van der Waals surface area contributed by atoms with E-state index in [1.807, 2.05) is 0 Å². The fourth-order valence-corrected chi connectivity index (χ4v) is 1.46. The predicted octanol–water partition coefficient (Wildman–Crippen LogP) is 1.58. The zero-order valence-electron chi connectivity index (χ0n) is 6.49. The van der Waals surface area contributed by atoms with Gasteiger partial charge in [-0.1, -0.05) is 11.6 Å². The van der Waals surface area contributed by atoms with Crippen LogP contribution in [-0.2, 0) is 6.42 Å². The van der Waals surface area contributed by atoms with Crippen LogP contribution in [0, 0.1) is 10.1 Å². The molecule has 0 bridgehead atoms. The summed E-state index contributed by atoms with van der Waals surface area (Å²) in [7, 11) is 0. The van der Waals surface area contributed by atoms with Crippen molar-refractivity contribution in [1.29, 1.82) is 0 Å². The quantitative estimate of drug-likeness (QED) is 0.392. The molecule has 0 radical (unpaired) electrons. The molecular weight excluding hydrogens is 196 g/mol. The minimum atomic E-state index is -0.516. The minimum Gasteiger partial charge on any atom is -0.485 e. The van der Waals surface area contributed by atoms with Crippen LogP contribution in [0.25, 0.3) is 0 Å². The predicted molar refractivity (Wildman–Crippen MR) is 45.1 cm³/mol. The van der Waals surface area contributed by atoms with E-state index in [1.165, 1.54) is 6.07 Å². The fourth-order valence-electron chi connectivity index (χ4n) is 1.25. The van der Waals surface area contributed by atoms with Crippen molar-refractivity contribution >= 4 is 17.3 Å². The van der Waals surface area contributed by atoms with E-state index in [4.69, 9.17) is 16.3 Å². The van der Waals surface area contributed by atoms with E-state index in [0.717, 1.165) is 0 Å². The third-order valence-corrected chi connectivity index (χ3v) is 1.97. The van der Waals surface area contributed by atoms with Crippen LogP contribution in [0.15, 0.2) is 6.07 Å². The maximum Gasteiger partial charge on any atom is 0.315 e. The first kappa shape index (κ1) is 8.25. The van der Waals surface area contributed by atoms with Crippen molar-refractivity contribution in [2.45, 2.75) is 6.42 Å². The Morgan fingerprint density at radius 2 is 2.46 bits per heavy atom. The minimum absolute atomic E-state index is 0.104. The molecule has 6 heteroatoms. The Morgan fingerprint density at radius 3 is 3.15 bits per heavy atom. The molecule has 1 aliphatic heterocycles. The second-order valence-electron chi connectivity index (χ2n) is 2.60. The van der Waals surface area contributed by atoms with Gasteiger partial charge in [0.1, 0.15) is 5.15 Å². The summed E-state index contributed by atoms with van der Waals surface area (Å²) >= 11 is 5.60. The van der Waals surface area contributed by atoms with Gasteiger partial charge in [-0.15, -0.1) is 0 Å². The third-order valence-electron chi connectivity index (χ3n) is 1.77. The van der Waals surface area contributed by atoms with E-state index < -0.39 is 4.92 Å². The number of nitrogens with zero attached hydrogens (tertiary/aromatic N) is 2. The Morgan fingerprint density at radius 1 is 1.69 bits per heavy atom. The number of rotatable bonds is 1. The van der Waals surface area contributed by atoms with Gasteiger partial charge >= 0.3 is 5.69 Å². The first-order valence-electron chi connectivity index (χ1n) is 3.65. The normalized spacial score (nSPS) is 13.6. The first-order chi connectivity index (χ1) is 6.18. The number of hydrogen-bond donors (Lipinski definition) is 0. The van der Waals surface area contributed by atoms with Gasteiger partial charge in [0.25, 0.3) is 0 Å². The Kier molecular flexibility index (Phi) is 1.81. The number of halogens is 1. The third kappa shape index (κ3) is 1.31. The van der Waals surface area contributed by atoms with E-state index in [2.05, 4.69) is 4.98 Å². The lowest BCUT2D eigenvalue weighted by Crippen LogP contribution is -1.94. The molecule has 13 heavy (non-hydrogen) atoms. The highest BCUT2D eigenvalue weighted by Gasteiger charge is 2.26. The van der Waals surface area contributed by atoms with Gasteiger partial charge in [0.15, 0.2) is 0 Å². The number of fused-ring (bicyclic) bond motifs is 1. The van der Waals surface area contributed by atoms with Gasteiger partial charge in [-0.25, -0.2) is 4.98 Å². The highest BCUT2D eigenvalue weighted by Crippen LogP contribution is 2.35. The van der Waals surface area contributed by atoms with Crippen LogP contribution in [0.5, 0.6) is 5.75 Å². The van der Waals surface area contributed by atoms with Crippen molar-refractivity contribution in [3.05, 3.63) is 27.0 Å². The van der Waals surface area contributed by atoms with Crippen molar-refractivity contribution in [2.24, 2.45) is 0 Å². The maximum absolute atomic E-state index is 10.6. The van der Waals surface area contributed by atoms with E-state index in [1.54, 1.807) is 0 Å². The van der Waals surface area contributed by atoms with Crippen molar-refractivity contribution in [3.8, 4) is 5.75 Å². The van der Waals surface area contributed by atoms with Crippen LogP contribution >= 0.6 is 11.6 Å². The first-order valence-corrected chi connectivity index (χ1v) is 4.03. The van der Waals surface area contributed by atoms with Gasteiger partial charge in [0.2, 0.25) is 5.75 Å². The van der Waals surface area contributed by atoms with Crippen LogP contribution in [0.3, 0.4) is 0 Å².